The molecule has 1 aromatic carbocycles. The van der Waals surface area contributed by atoms with Gasteiger partial charge in [-0.1, -0.05) is 24.3 Å². The monoisotopic (exact) mass is 415 g/mol. The normalized spacial score (nSPS) is 20.0. The number of fused-ring (bicyclic) bond motifs is 1. The first-order valence-corrected chi connectivity index (χ1v) is 11.1. The summed E-state index contributed by atoms with van der Waals surface area (Å²) in [4.78, 5) is 18.8. The molecule has 1 saturated heterocycles. The van der Waals surface area contributed by atoms with Gasteiger partial charge in [-0.2, -0.15) is 0 Å². The van der Waals surface area contributed by atoms with E-state index in [9.17, 15) is 4.79 Å². The molecule has 1 saturated carbocycles. The summed E-state index contributed by atoms with van der Waals surface area (Å²) in [5, 5.41) is 8.54. The lowest BCUT2D eigenvalue weighted by Crippen LogP contribution is -2.30. The number of pyridine rings is 1. The third kappa shape index (κ3) is 3.58. The first kappa shape index (κ1) is 18.5. The molecule has 0 bridgehead atoms. The maximum Gasteiger partial charge on any atom is 0.225 e. The quantitative estimate of drug-likeness (QED) is 0.640. The Balaban J connectivity index is 1.17. The van der Waals surface area contributed by atoms with Crippen molar-refractivity contribution < 1.29 is 9.53 Å². The van der Waals surface area contributed by atoms with Crippen LogP contribution in [0.5, 0.6) is 5.88 Å². The van der Waals surface area contributed by atoms with Gasteiger partial charge in [-0.25, -0.2) is 4.98 Å². The van der Waals surface area contributed by atoms with Crippen molar-refractivity contribution in [3.8, 4) is 28.4 Å². The van der Waals surface area contributed by atoms with Crippen LogP contribution in [0.4, 0.5) is 0 Å². The number of hydrogen-bond acceptors (Lipinski definition) is 5. The molecule has 1 aliphatic carbocycles. The minimum Gasteiger partial charge on any atom is -0.477 e. The lowest BCUT2D eigenvalue weighted by atomic mass is 10.0. The highest BCUT2D eigenvalue weighted by Crippen LogP contribution is 2.33. The zero-order valence-corrected chi connectivity index (χ0v) is 17.4. The summed E-state index contributed by atoms with van der Waals surface area (Å²) in [5.41, 5.74) is 4.44. The molecule has 158 valence electrons. The SMILES string of the molecule is O=C(C1CC1)N1CC[C@@H](Cn2cnnc2-c2ccc(-c3cnc4c(c3)CCO4)cc2)C1. The predicted molar refractivity (Wildman–Crippen MR) is 115 cm³/mol. The van der Waals surface area contributed by atoms with Crippen molar-refractivity contribution in [3.63, 3.8) is 0 Å². The molecule has 0 N–H and O–H groups in total. The maximum atomic E-state index is 12.3. The van der Waals surface area contributed by atoms with Crippen LogP contribution in [0.25, 0.3) is 22.5 Å². The van der Waals surface area contributed by atoms with Crippen molar-refractivity contribution in [2.24, 2.45) is 11.8 Å². The molecule has 3 aliphatic rings. The van der Waals surface area contributed by atoms with Crippen molar-refractivity contribution in [1.82, 2.24) is 24.6 Å². The van der Waals surface area contributed by atoms with Crippen LogP contribution < -0.4 is 4.74 Å². The molecule has 2 aliphatic heterocycles. The van der Waals surface area contributed by atoms with Crippen molar-refractivity contribution in [1.29, 1.82) is 0 Å². The second-order valence-electron chi connectivity index (χ2n) is 8.88. The third-order valence-corrected chi connectivity index (χ3v) is 6.61. The molecule has 3 aromatic rings. The first-order chi connectivity index (χ1) is 15.2. The lowest BCUT2D eigenvalue weighted by Gasteiger charge is -2.17. The van der Waals surface area contributed by atoms with Crippen LogP contribution in [0.1, 0.15) is 24.8 Å². The molecule has 6 rings (SSSR count). The summed E-state index contributed by atoms with van der Waals surface area (Å²) in [7, 11) is 0. The summed E-state index contributed by atoms with van der Waals surface area (Å²) in [6.07, 6.45) is 7.78. The number of amides is 1. The van der Waals surface area contributed by atoms with Crippen molar-refractivity contribution in [3.05, 3.63) is 48.4 Å². The Morgan fingerprint density at radius 1 is 1.10 bits per heavy atom. The Morgan fingerprint density at radius 3 is 2.77 bits per heavy atom. The van der Waals surface area contributed by atoms with E-state index in [2.05, 4.69) is 55.0 Å². The van der Waals surface area contributed by atoms with Crippen molar-refractivity contribution in [2.45, 2.75) is 32.2 Å². The molecule has 1 amide bonds. The zero-order chi connectivity index (χ0) is 20.8. The van der Waals surface area contributed by atoms with Crippen LogP contribution in [0.2, 0.25) is 0 Å². The van der Waals surface area contributed by atoms with Gasteiger partial charge in [-0.05, 0) is 36.8 Å². The molecule has 4 heterocycles. The van der Waals surface area contributed by atoms with Gasteiger partial charge in [-0.3, -0.25) is 4.79 Å². The Kier molecular flexibility index (Phi) is 4.47. The summed E-state index contributed by atoms with van der Waals surface area (Å²) >= 11 is 0. The first-order valence-electron chi connectivity index (χ1n) is 11.1. The number of rotatable bonds is 5. The van der Waals surface area contributed by atoms with Gasteiger partial charge in [0.2, 0.25) is 11.8 Å². The van der Waals surface area contributed by atoms with Gasteiger partial charge >= 0.3 is 0 Å². The van der Waals surface area contributed by atoms with Crippen LogP contribution in [0.3, 0.4) is 0 Å². The second-order valence-corrected chi connectivity index (χ2v) is 8.88. The van der Waals surface area contributed by atoms with Gasteiger partial charge in [0.15, 0.2) is 5.82 Å². The molecule has 2 fully saturated rings. The molecule has 0 radical (unpaired) electrons. The number of likely N-dealkylation sites (tertiary alicyclic amines) is 1. The van der Waals surface area contributed by atoms with Crippen LogP contribution in [-0.2, 0) is 17.8 Å². The van der Waals surface area contributed by atoms with Crippen molar-refractivity contribution >= 4 is 5.91 Å². The fraction of sp³-hybridized carbons (Fsp3) is 0.417. The maximum absolute atomic E-state index is 12.3. The third-order valence-electron chi connectivity index (χ3n) is 6.61. The van der Waals surface area contributed by atoms with Gasteiger partial charge in [0.05, 0.1) is 6.61 Å². The molecule has 0 spiro atoms. The molecular formula is C24H25N5O2. The van der Waals surface area contributed by atoms with Gasteiger partial charge in [0.1, 0.15) is 6.33 Å². The number of aromatic nitrogens is 4. The number of benzene rings is 1. The smallest absolute Gasteiger partial charge is 0.225 e. The number of nitrogens with zero attached hydrogens (tertiary/aromatic N) is 5. The van der Waals surface area contributed by atoms with Gasteiger partial charge < -0.3 is 14.2 Å². The van der Waals surface area contributed by atoms with Crippen LogP contribution in [0.15, 0.2) is 42.9 Å². The number of ether oxygens (including phenoxy) is 1. The largest absolute Gasteiger partial charge is 0.477 e. The fourth-order valence-electron chi connectivity index (χ4n) is 4.69. The predicted octanol–water partition coefficient (Wildman–Crippen LogP) is 3.20. The molecule has 0 unspecified atom stereocenters. The van der Waals surface area contributed by atoms with E-state index in [4.69, 9.17) is 4.74 Å². The lowest BCUT2D eigenvalue weighted by molar-refractivity contribution is -0.131. The molecule has 7 nitrogen and oxygen atoms in total. The summed E-state index contributed by atoms with van der Waals surface area (Å²) < 4.78 is 7.63. The van der Waals surface area contributed by atoms with Gasteiger partial charge in [-0.15, -0.1) is 10.2 Å². The van der Waals surface area contributed by atoms with E-state index in [1.807, 2.05) is 6.20 Å². The summed E-state index contributed by atoms with van der Waals surface area (Å²) in [5.74, 6) is 2.75. The topological polar surface area (TPSA) is 73.1 Å². The minimum absolute atomic E-state index is 0.302. The van der Waals surface area contributed by atoms with E-state index < -0.39 is 0 Å². The average molecular weight is 415 g/mol. The Hall–Kier alpha value is -3.22. The number of carbonyl (C=O) groups is 1. The highest BCUT2D eigenvalue weighted by Gasteiger charge is 2.36. The average Bonchev–Trinajstić information content (AvgIpc) is 3.17. The van der Waals surface area contributed by atoms with Crippen LogP contribution in [0, 0.1) is 11.8 Å². The van der Waals surface area contributed by atoms with Gasteiger partial charge in [0, 0.05) is 54.9 Å². The van der Waals surface area contributed by atoms with E-state index in [1.54, 1.807) is 6.33 Å². The highest BCUT2D eigenvalue weighted by atomic mass is 16.5. The minimum atomic E-state index is 0.302. The van der Waals surface area contributed by atoms with E-state index in [-0.39, 0.29) is 0 Å². The summed E-state index contributed by atoms with van der Waals surface area (Å²) in [6.45, 7) is 3.29. The van der Waals surface area contributed by atoms with E-state index in [0.29, 0.717) is 24.3 Å². The molecule has 1 atom stereocenters. The Morgan fingerprint density at radius 2 is 1.94 bits per heavy atom. The molecular weight excluding hydrogens is 390 g/mol. The van der Waals surface area contributed by atoms with Gasteiger partial charge in [0.25, 0.3) is 0 Å². The van der Waals surface area contributed by atoms with Crippen LogP contribution in [-0.4, -0.2) is 50.3 Å². The number of carbonyl (C=O) groups excluding carboxylic acids is 1. The zero-order valence-electron chi connectivity index (χ0n) is 17.4. The standard InChI is InChI=1S/C24H25N5O2/c30-24(19-5-6-19)28-9-7-16(13-28)14-29-15-26-27-22(29)18-3-1-17(2-4-18)21-11-20-8-10-31-23(20)25-12-21/h1-4,11-12,15-16,19H,5-10,13-14H2/t16-/m1/s1. The highest BCUT2D eigenvalue weighted by molar-refractivity contribution is 5.81. The Labute approximate surface area is 181 Å². The van der Waals surface area contributed by atoms with E-state index in [1.165, 1.54) is 5.56 Å². The molecule has 31 heavy (non-hydrogen) atoms. The second kappa shape index (κ2) is 7.48. The Bertz CT molecular complexity index is 1120. The van der Waals surface area contributed by atoms with Crippen molar-refractivity contribution in [2.75, 3.05) is 19.7 Å². The van der Waals surface area contributed by atoms with Crippen LogP contribution >= 0.6 is 0 Å². The number of hydrogen-bond donors (Lipinski definition) is 0. The summed E-state index contributed by atoms with van der Waals surface area (Å²) in [6, 6.07) is 10.6. The van der Waals surface area contributed by atoms with E-state index >= 15 is 0 Å². The molecule has 7 heteroatoms. The fourth-order valence-corrected chi connectivity index (χ4v) is 4.69. The van der Waals surface area contributed by atoms with E-state index in [0.717, 1.165) is 73.7 Å². The molecule has 2 aromatic heterocycles.